The van der Waals surface area contributed by atoms with Crippen molar-refractivity contribution in [2.75, 3.05) is 5.32 Å². The van der Waals surface area contributed by atoms with E-state index < -0.39 is 11.9 Å². The largest absolute Gasteiger partial charge is 0.506 e. The number of phenolic OH excluding ortho intramolecular Hbond substituents is 1. The lowest BCUT2D eigenvalue weighted by molar-refractivity contribution is -0.116. The molecule has 0 saturated carbocycles. The third-order valence-electron chi connectivity index (χ3n) is 3.26. The van der Waals surface area contributed by atoms with Crippen LogP contribution in [0.3, 0.4) is 0 Å². The molecule has 0 aliphatic carbocycles. The van der Waals surface area contributed by atoms with Crippen molar-refractivity contribution >= 4 is 34.9 Å². The number of aromatic hydroxyl groups is 1. The second-order valence-electron chi connectivity index (χ2n) is 5.02. The number of halogens is 1. The lowest BCUT2D eigenvalue weighted by Crippen LogP contribution is -2.13. The maximum Gasteiger partial charge on any atom is 0.335 e. The van der Waals surface area contributed by atoms with Gasteiger partial charge in [0.2, 0.25) is 5.91 Å². The second-order valence-corrected chi connectivity index (χ2v) is 5.45. The number of carbonyl (C=O) groups excluding carboxylic acids is 2. The highest BCUT2D eigenvalue weighted by Crippen LogP contribution is 2.24. The van der Waals surface area contributed by atoms with E-state index in [1.165, 1.54) is 12.1 Å². The summed E-state index contributed by atoms with van der Waals surface area (Å²) in [5.74, 6) is -2.20. The number of phenols is 1. The van der Waals surface area contributed by atoms with Gasteiger partial charge < -0.3 is 15.5 Å². The van der Waals surface area contributed by atoms with Crippen molar-refractivity contribution in [3.8, 4) is 5.75 Å². The van der Waals surface area contributed by atoms with Crippen molar-refractivity contribution in [3.05, 3.63) is 58.6 Å². The summed E-state index contributed by atoms with van der Waals surface area (Å²) in [5.41, 5.74) is 0.452. The third kappa shape index (κ3) is 4.57. The fraction of sp³-hybridized carbons (Fsp3) is 0.118. The number of carbonyl (C=O) groups is 3. The van der Waals surface area contributed by atoms with Gasteiger partial charge in [0.1, 0.15) is 5.75 Å². The van der Waals surface area contributed by atoms with E-state index in [2.05, 4.69) is 5.32 Å². The summed E-state index contributed by atoms with van der Waals surface area (Å²) in [6.07, 6.45) is -0.0664. The summed E-state index contributed by atoms with van der Waals surface area (Å²) >= 11 is 5.74. The highest BCUT2D eigenvalue weighted by atomic mass is 35.5. The molecule has 2 rings (SSSR count). The van der Waals surface area contributed by atoms with Crippen LogP contribution >= 0.6 is 11.6 Å². The summed E-state index contributed by atoms with van der Waals surface area (Å²) < 4.78 is 0. The molecule has 124 valence electrons. The van der Waals surface area contributed by atoms with Gasteiger partial charge in [0.15, 0.2) is 5.78 Å². The van der Waals surface area contributed by atoms with Crippen LogP contribution in [0.4, 0.5) is 5.69 Å². The van der Waals surface area contributed by atoms with Gasteiger partial charge >= 0.3 is 5.97 Å². The van der Waals surface area contributed by atoms with Crippen molar-refractivity contribution in [2.24, 2.45) is 0 Å². The zero-order chi connectivity index (χ0) is 17.7. The van der Waals surface area contributed by atoms with Crippen LogP contribution in [0.5, 0.6) is 5.75 Å². The van der Waals surface area contributed by atoms with Crippen LogP contribution in [0.25, 0.3) is 0 Å². The highest BCUT2D eigenvalue weighted by Gasteiger charge is 2.12. The van der Waals surface area contributed by atoms with E-state index in [-0.39, 0.29) is 35.6 Å². The average molecular weight is 348 g/mol. The van der Waals surface area contributed by atoms with Gasteiger partial charge in [0.05, 0.1) is 11.3 Å². The molecule has 0 aliphatic heterocycles. The zero-order valence-electron chi connectivity index (χ0n) is 12.5. The van der Waals surface area contributed by atoms with Crippen LogP contribution in [0.2, 0.25) is 5.02 Å². The Labute approximate surface area is 142 Å². The number of benzene rings is 2. The Morgan fingerprint density at radius 2 is 1.58 bits per heavy atom. The van der Waals surface area contributed by atoms with Crippen LogP contribution < -0.4 is 5.32 Å². The minimum absolute atomic E-state index is 0.00143. The van der Waals surface area contributed by atoms with Crippen LogP contribution in [-0.4, -0.2) is 27.9 Å². The van der Waals surface area contributed by atoms with E-state index >= 15 is 0 Å². The Morgan fingerprint density at radius 1 is 0.958 bits per heavy atom. The van der Waals surface area contributed by atoms with Crippen molar-refractivity contribution in [2.45, 2.75) is 12.8 Å². The van der Waals surface area contributed by atoms with Crippen molar-refractivity contribution < 1.29 is 24.6 Å². The predicted octanol–water partition coefficient (Wildman–Crippen LogP) is 3.35. The molecular formula is C17H14ClNO5. The summed E-state index contributed by atoms with van der Waals surface area (Å²) in [5, 5.41) is 21.5. The summed E-state index contributed by atoms with van der Waals surface area (Å²) in [6, 6.07) is 9.94. The number of carboxylic acids is 1. The Kier molecular flexibility index (Phi) is 5.55. The number of rotatable bonds is 6. The number of aromatic carboxylic acids is 1. The van der Waals surface area contributed by atoms with E-state index in [1.54, 1.807) is 24.3 Å². The Bertz CT molecular complexity index is 786. The molecule has 0 unspecified atom stereocenters. The SMILES string of the molecule is O=C(CCC(=O)c1ccc(Cl)cc1)Nc1ccc(C(=O)O)cc1O. The lowest BCUT2D eigenvalue weighted by Gasteiger charge is -2.08. The number of hydrogen-bond acceptors (Lipinski definition) is 4. The zero-order valence-corrected chi connectivity index (χ0v) is 13.2. The van der Waals surface area contributed by atoms with E-state index in [0.717, 1.165) is 6.07 Å². The number of anilines is 1. The van der Waals surface area contributed by atoms with E-state index in [1.807, 2.05) is 0 Å². The maximum absolute atomic E-state index is 12.0. The highest BCUT2D eigenvalue weighted by molar-refractivity contribution is 6.30. The molecule has 24 heavy (non-hydrogen) atoms. The molecule has 3 N–H and O–H groups in total. The molecule has 0 aromatic heterocycles. The fourth-order valence-corrected chi connectivity index (χ4v) is 2.12. The monoisotopic (exact) mass is 347 g/mol. The topological polar surface area (TPSA) is 104 Å². The molecule has 0 spiro atoms. The molecular weight excluding hydrogens is 334 g/mol. The van der Waals surface area contributed by atoms with E-state index in [9.17, 15) is 19.5 Å². The van der Waals surface area contributed by atoms with Crippen molar-refractivity contribution in [1.82, 2.24) is 0 Å². The first kappa shape index (κ1) is 17.5. The number of ketones is 1. The van der Waals surface area contributed by atoms with Crippen LogP contribution in [0.15, 0.2) is 42.5 Å². The number of hydrogen-bond donors (Lipinski definition) is 3. The molecule has 0 aliphatic rings. The van der Waals surface area contributed by atoms with E-state index in [4.69, 9.17) is 16.7 Å². The van der Waals surface area contributed by atoms with Gasteiger partial charge in [0.25, 0.3) is 0 Å². The molecule has 2 aromatic rings. The lowest BCUT2D eigenvalue weighted by atomic mass is 10.1. The molecule has 0 fully saturated rings. The van der Waals surface area contributed by atoms with Crippen molar-refractivity contribution in [3.63, 3.8) is 0 Å². The molecule has 1 amide bonds. The summed E-state index contributed by atoms with van der Waals surface area (Å²) in [6.45, 7) is 0. The molecule has 6 nitrogen and oxygen atoms in total. The first-order valence-corrected chi connectivity index (χ1v) is 7.39. The quantitative estimate of drug-likeness (QED) is 0.549. The summed E-state index contributed by atoms with van der Waals surface area (Å²) in [4.78, 5) is 34.6. The number of nitrogens with one attached hydrogen (secondary N) is 1. The van der Waals surface area contributed by atoms with Gasteiger partial charge in [-0.05, 0) is 42.5 Å². The average Bonchev–Trinajstić information content (AvgIpc) is 2.55. The molecule has 0 bridgehead atoms. The smallest absolute Gasteiger partial charge is 0.335 e. The molecule has 0 atom stereocenters. The normalized spacial score (nSPS) is 10.2. The Balaban J connectivity index is 1.92. The predicted molar refractivity (Wildman–Crippen MR) is 88.7 cm³/mol. The standard InChI is InChI=1S/C17H14ClNO5/c18-12-4-1-10(2-5-12)14(20)7-8-16(22)19-13-6-3-11(17(23)24)9-15(13)21/h1-6,9,21H,7-8H2,(H,19,22)(H,23,24). The van der Waals surface area contributed by atoms with Crippen LogP contribution in [0, 0.1) is 0 Å². The molecule has 0 heterocycles. The van der Waals surface area contributed by atoms with Gasteiger partial charge in [-0.25, -0.2) is 4.79 Å². The number of carboxylic acid groups (broad SMARTS) is 1. The minimum atomic E-state index is -1.18. The number of amides is 1. The fourth-order valence-electron chi connectivity index (χ4n) is 1.99. The van der Waals surface area contributed by atoms with Gasteiger partial charge in [-0.2, -0.15) is 0 Å². The number of Topliss-reactive ketones (excluding diaryl/α,β-unsaturated/α-hetero) is 1. The van der Waals surface area contributed by atoms with Gasteiger partial charge in [-0.1, -0.05) is 11.6 Å². The van der Waals surface area contributed by atoms with Crippen LogP contribution in [0.1, 0.15) is 33.6 Å². The van der Waals surface area contributed by atoms with Crippen molar-refractivity contribution in [1.29, 1.82) is 0 Å². The second kappa shape index (κ2) is 7.61. The van der Waals surface area contributed by atoms with E-state index in [0.29, 0.717) is 10.6 Å². The van der Waals surface area contributed by atoms with Gasteiger partial charge in [-0.15, -0.1) is 0 Å². The first-order chi connectivity index (χ1) is 11.4. The molecule has 0 saturated heterocycles. The van der Waals surface area contributed by atoms with Gasteiger partial charge in [0, 0.05) is 23.4 Å². The molecule has 7 heteroatoms. The van der Waals surface area contributed by atoms with Crippen LogP contribution in [-0.2, 0) is 4.79 Å². The van der Waals surface area contributed by atoms with Gasteiger partial charge in [-0.3, -0.25) is 9.59 Å². The molecule has 0 radical (unpaired) electrons. The Hall–Kier alpha value is -2.86. The Morgan fingerprint density at radius 3 is 2.17 bits per heavy atom. The molecule has 2 aromatic carbocycles. The minimum Gasteiger partial charge on any atom is -0.506 e. The first-order valence-electron chi connectivity index (χ1n) is 7.02. The maximum atomic E-state index is 12.0. The summed E-state index contributed by atoms with van der Waals surface area (Å²) in [7, 11) is 0. The third-order valence-corrected chi connectivity index (χ3v) is 3.52.